The minimum Gasteiger partial charge on any atom is -0.496 e. The van der Waals surface area contributed by atoms with Crippen LogP contribution in [0, 0.1) is 5.92 Å². The number of carbonyl (C=O) groups excluding carboxylic acids is 2. The van der Waals surface area contributed by atoms with Gasteiger partial charge in [0.1, 0.15) is 5.75 Å². The van der Waals surface area contributed by atoms with Crippen molar-refractivity contribution >= 4 is 11.8 Å². The smallest absolute Gasteiger partial charge is 0.226 e. The molecule has 140 valence electrons. The molecule has 0 radical (unpaired) electrons. The normalized spacial score (nSPS) is 20.4. The van der Waals surface area contributed by atoms with Crippen molar-refractivity contribution in [2.45, 2.75) is 31.3 Å². The minimum atomic E-state index is -0.320. The lowest BCUT2D eigenvalue weighted by Gasteiger charge is -2.23. The quantitative estimate of drug-likeness (QED) is 0.857. The van der Waals surface area contributed by atoms with Gasteiger partial charge in [-0.2, -0.15) is 0 Å². The molecule has 2 fully saturated rings. The maximum atomic E-state index is 13.0. The second kappa shape index (κ2) is 7.43. The first-order valence-corrected chi connectivity index (χ1v) is 9.45. The first-order chi connectivity index (χ1) is 13.2. The van der Waals surface area contributed by atoms with Crippen molar-refractivity contribution in [3.8, 4) is 5.75 Å². The molecule has 1 heterocycles. The van der Waals surface area contributed by atoms with Crippen LogP contribution in [0.3, 0.4) is 0 Å². The van der Waals surface area contributed by atoms with E-state index < -0.39 is 0 Å². The van der Waals surface area contributed by atoms with Gasteiger partial charge in [-0.3, -0.25) is 9.59 Å². The maximum absolute atomic E-state index is 13.0. The van der Waals surface area contributed by atoms with Gasteiger partial charge < -0.3 is 15.0 Å². The zero-order valence-corrected chi connectivity index (χ0v) is 15.4. The Balaban J connectivity index is 1.58. The second-order valence-corrected chi connectivity index (χ2v) is 7.27. The van der Waals surface area contributed by atoms with Crippen molar-refractivity contribution in [3.63, 3.8) is 0 Å². The number of amides is 2. The SMILES string of the molecule is COc1ccccc1[C@@H](NC(=O)[C@H]1CC(=O)N(C2CC2)C1)c1ccccc1. The molecule has 27 heavy (non-hydrogen) atoms. The molecule has 0 spiro atoms. The van der Waals surface area contributed by atoms with Gasteiger partial charge in [-0.15, -0.1) is 0 Å². The molecule has 5 nitrogen and oxygen atoms in total. The van der Waals surface area contributed by atoms with E-state index in [0.29, 0.717) is 19.0 Å². The fourth-order valence-electron chi connectivity index (χ4n) is 3.80. The number of methoxy groups -OCH3 is 1. The van der Waals surface area contributed by atoms with E-state index in [1.54, 1.807) is 7.11 Å². The fourth-order valence-corrected chi connectivity index (χ4v) is 3.80. The summed E-state index contributed by atoms with van der Waals surface area (Å²) >= 11 is 0. The van der Waals surface area contributed by atoms with Gasteiger partial charge in [0.25, 0.3) is 0 Å². The first kappa shape index (κ1) is 17.6. The summed E-state index contributed by atoms with van der Waals surface area (Å²) in [5.74, 6) is 0.463. The maximum Gasteiger partial charge on any atom is 0.226 e. The topological polar surface area (TPSA) is 58.6 Å². The van der Waals surface area contributed by atoms with Crippen LogP contribution in [0.5, 0.6) is 5.75 Å². The predicted octanol–water partition coefficient (Wildman–Crippen LogP) is 2.91. The molecule has 2 atom stereocenters. The van der Waals surface area contributed by atoms with Crippen LogP contribution in [-0.4, -0.2) is 36.4 Å². The summed E-state index contributed by atoms with van der Waals surface area (Å²) in [4.78, 5) is 27.1. The predicted molar refractivity (Wildman–Crippen MR) is 102 cm³/mol. The number of hydrogen-bond acceptors (Lipinski definition) is 3. The average Bonchev–Trinajstić information content (AvgIpc) is 3.48. The Morgan fingerprint density at radius 3 is 2.52 bits per heavy atom. The molecule has 1 N–H and O–H groups in total. The van der Waals surface area contributed by atoms with Crippen LogP contribution < -0.4 is 10.1 Å². The number of ether oxygens (including phenoxy) is 1. The van der Waals surface area contributed by atoms with Gasteiger partial charge in [0.15, 0.2) is 0 Å². The molecular weight excluding hydrogens is 340 g/mol. The van der Waals surface area contributed by atoms with Crippen LogP contribution in [0.15, 0.2) is 54.6 Å². The molecule has 5 heteroatoms. The van der Waals surface area contributed by atoms with Gasteiger partial charge in [-0.25, -0.2) is 0 Å². The Morgan fingerprint density at radius 1 is 1.11 bits per heavy atom. The van der Waals surface area contributed by atoms with E-state index in [-0.39, 0.29) is 23.8 Å². The van der Waals surface area contributed by atoms with Crippen LogP contribution >= 0.6 is 0 Å². The van der Waals surface area contributed by atoms with Crippen LogP contribution in [-0.2, 0) is 9.59 Å². The summed E-state index contributed by atoms with van der Waals surface area (Å²) in [7, 11) is 1.63. The Labute approximate surface area is 159 Å². The molecule has 0 unspecified atom stereocenters. The van der Waals surface area contributed by atoms with Gasteiger partial charge in [-0.1, -0.05) is 48.5 Å². The number of carbonyl (C=O) groups is 2. The molecule has 4 rings (SSSR count). The van der Waals surface area contributed by atoms with Gasteiger partial charge in [0.05, 0.1) is 19.1 Å². The molecule has 2 aromatic rings. The monoisotopic (exact) mass is 364 g/mol. The standard InChI is InChI=1S/C22H24N2O3/c1-27-19-10-6-5-9-18(19)21(15-7-3-2-4-8-15)23-22(26)16-13-20(25)24(14-16)17-11-12-17/h2-10,16-17,21H,11-14H2,1H3,(H,23,26)/t16-,21-/m0/s1. The highest BCUT2D eigenvalue weighted by atomic mass is 16.5. The van der Waals surface area contributed by atoms with Crippen molar-refractivity contribution in [2.75, 3.05) is 13.7 Å². The van der Waals surface area contributed by atoms with E-state index >= 15 is 0 Å². The van der Waals surface area contributed by atoms with E-state index in [1.807, 2.05) is 59.5 Å². The summed E-state index contributed by atoms with van der Waals surface area (Å²) in [5.41, 5.74) is 1.89. The van der Waals surface area contributed by atoms with E-state index in [9.17, 15) is 9.59 Å². The lowest BCUT2D eigenvalue weighted by atomic mass is 9.96. The number of rotatable bonds is 6. The molecule has 2 aromatic carbocycles. The Kier molecular flexibility index (Phi) is 4.84. The van der Waals surface area contributed by atoms with Crippen LogP contribution in [0.4, 0.5) is 0 Å². The Bertz CT molecular complexity index is 832. The highest BCUT2D eigenvalue weighted by Gasteiger charge is 2.42. The van der Waals surface area contributed by atoms with Crippen molar-refractivity contribution in [3.05, 3.63) is 65.7 Å². The molecule has 0 aromatic heterocycles. The van der Waals surface area contributed by atoms with Gasteiger partial charge in [-0.05, 0) is 24.5 Å². The second-order valence-electron chi connectivity index (χ2n) is 7.27. The van der Waals surface area contributed by atoms with Crippen molar-refractivity contribution < 1.29 is 14.3 Å². The molecule has 1 saturated heterocycles. The lowest BCUT2D eigenvalue weighted by Crippen LogP contribution is -2.36. The summed E-state index contributed by atoms with van der Waals surface area (Å²) in [5, 5.41) is 3.17. The van der Waals surface area contributed by atoms with Crippen LogP contribution in [0.2, 0.25) is 0 Å². The highest BCUT2D eigenvalue weighted by Crippen LogP contribution is 2.34. The zero-order valence-electron chi connectivity index (χ0n) is 15.4. The number of nitrogens with one attached hydrogen (secondary N) is 1. The van der Waals surface area contributed by atoms with E-state index in [1.165, 1.54) is 0 Å². The summed E-state index contributed by atoms with van der Waals surface area (Å²) in [6.45, 7) is 0.531. The summed E-state index contributed by atoms with van der Waals surface area (Å²) in [6.07, 6.45) is 2.43. The van der Waals surface area contributed by atoms with Crippen molar-refractivity contribution in [1.29, 1.82) is 0 Å². The number of para-hydroxylation sites is 1. The van der Waals surface area contributed by atoms with Crippen LogP contribution in [0.25, 0.3) is 0 Å². The highest BCUT2D eigenvalue weighted by molar-refractivity contribution is 5.90. The number of hydrogen-bond donors (Lipinski definition) is 1. The van der Waals surface area contributed by atoms with Crippen molar-refractivity contribution in [2.24, 2.45) is 5.92 Å². The molecular formula is C22H24N2O3. The van der Waals surface area contributed by atoms with E-state index in [2.05, 4.69) is 5.32 Å². The van der Waals surface area contributed by atoms with E-state index in [4.69, 9.17) is 4.74 Å². The third-order valence-electron chi connectivity index (χ3n) is 5.39. The molecule has 1 aliphatic carbocycles. The number of benzene rings is 2. The zero-order chi connectivity index (χ0) is 18.8. The fraction of sp³-hybridized carbons (Fsp3) is 0.364. The Hall–Kier alpha value is -2.82. The van der Waals surface area contributed by atoms with Crippen molar-refractivity contribution in [1.82, 2.24) is 10.2 Å². The minimum absolute atomic E-state index is 0.0775. The average molecular weight is 364 g/mol. The molecule has 2 amide bonds. The third kappa shape index (κ3) is 3.68. The molecule has 0 bridgehead atoms. The first-order valence-electron chi connectivity index (χ1n) is 9.45. The molecule has 1 aliphatic heterocycles. The number of nitrogens with zero attached hydrogens (tertiary/aromatic N) is 1. The van der Waals surface area contributed by atoms with E-state index in [0.717, 1.165) is 29.7 Å². The number of likely N-dealkylation sites (tertiary alicyclic amines) is 1. The van der Waals surface area contributed by atoms with Gasteiger partial charge in [0.2, 0.25) is 11.8 Å². The summed E-state index contributed by atoms with van der Waals surface area (Å²) in [6, 6.07) is 17.6. The molecule has 1 saturated carbocycles. The van der Waals surface area contributed by atoms with Gasteiger partial charge >= 0.3 is 0 Å². The lowest BCUT2D eigenvalue weighted by molar-refractivity contribution is -0.129. The van der Waals surface area contributed by atoms with Gasteiger partial charge in [0, 0.05) is 24.6 Å². The molecule has 2 aliphatic rings. The van der Waals surface area contributed by atoms with Crippen LogP contribution in [0.1, 0.15) is 36.4 Å². The Morgan fingerprint density at radius 2 is 1.81 bits per heavy atom. The largest absolute Gasteiger partial charge is 0.496 e. The third-order valence-corrected chi connectivity index (χ3v) is 5.39. The summed E-state index contributed by atoms with van der Waals surface area (Å²) < 4.78 is 5.52.